The van der Waals surface area contributed by atoms with Crippen LogP contribution in [-0.4, -0.2) is 9.23 Å². The maximum atomic E-state index is 9.67. The summed E-state index contributed by atoms with van der Waals surface area (Å²) in [5, 5.41) is 9.67. The van der Waals surface area contributed by atoms with Gasteiger partial charge in [0.15, 0.2) is 0 Å². The average Bonchev–Trinajstić information content (AvgIpc) is 2.70. The first-order valence-electron chi connectivity index (χ1n) is 8.76. The molecule has 3 aromatic rings. The Balaban J connectivity index is 2.03. The van der Waals surface area contributed by atoms with Gasteiger partial charge in [-0.3, -0.25) is 4.90 Å². The Kier molecular flexibility index (Phi) is 6.53. The maximum absolute atomic E-state index is 9.67. The number of nitrogens with zero attached hydrogens (tertiary/aromatic N) is 2. The molecule has 0 aliphatic heterocycles. The van der Waals surface area contributed by atoms with Crippen LogP contribution in [-0.2, 0) is 13.1 Å². The maximum Gasteiger partial charge on any atom is 0.222 e. The Morgan fingerprint density at radius 1 is 0.741 bits per heavy atom. The molecule has 0 unspecified atom stereocenters. The number of nitriles is 1. The van der Waals surface area contributed by atoms with Gasteiger partial charge in [-0.1, -0.05) is 114 Å². The number of alkyl halides is 2. The summed E-state index contributed by atoms with van der Waals surface area (Å²) >= 11 is 13.0. The van der Waals surface area contributed by atoms with E-state index in [1.54, 1.807) is 0 Å². The first kappa shape index (κ1) is 19.5. The van der Waals surface area contributed by atoms with Crippen LogP contribution in [0.15, 0.2) is 91.0 Å². The zero-order valence-corrected chi connectivity index (χ0v) is 16.3. The Bertz CT molecular complexity index is 833. The zero-order valence-electron chi connectivity index (χ0n) is 14.8. The van der Waals surface area contributed by atoms with E-state index >= 15 is 0 Å². The highest BCUT2D eigenvalue weighted by Gasteiger charge is 2.40. The molecule has 0 aliphatic carbocycles. The van der Waals surface area contributed by atoms with Crippen LogP contribution in [0.5, 0.6) is 0 Å². The first-order valence-corrected chi connectivity index (χ1v) is 9.51. The molecule has 0 radical (unpaired) electrons. The quantitative estimate of drug-likeness (QED) is 0.450. The van der Waals surface area contributed by atoms with E-state index in [1.807, 2.05) is 66.7 Å². The SMILES string of the molecule is N#CC(Cl)(Cl)[C@H](c1ccccc1)N(Cc1ccccc1)Cc1ccccc1. The number of rotatable bonds is 7. The first-order chi connectivity index (χ1) is 13.1. The molecular formula is C23H20Cl2N2. The fourth-order valence-corrected chi connectivity index (χ4v) is 3.75. The van der Waals surface area contributed by atoms with Gasteiger partial charge in [0.05, 0.1) is 6.04 Å². The van der Waals surface area contributed by atoms with Crippen LogP contribution in [0.1, 0.15) is 22.7 Å². The molecule has 0 heterocycles. The van der Waals surface area contributed by atoms with Crippen LogP contribution in [0, 0.1) is 11.3 Å². The van der Waals surface area contributed by atoms with Crippen molar-refractivity contribution in [2.24, 2.45) is 0 Å². The highest BCUT2D eigenvalue weighted by atomic mass is 35.5. The summed E-state index contributed by atoms with van der Waals surface area (Å²) in [6.07, 6.45) is 0. The monoisotopic (exact) mass is 394 g/mol. The van der Waals surface area contributed by atoms with Crippen molar-refractivity contribution in [3.05, 3.63) is 108 Å². The molecule has 0 N–H and O–H groups in total. The predicted octanol–water partition coefficient (Wildman–Crippen LogP) is 6.13. The Hall–Kier alpha value is -2.31. The van der Waals surface area contributed by atoms with Crippen molar-refractivity contribution in [2.75, 3.05) is 0 Å². The largest absolute Gasteiger partial charge is 0.284 e. The van der Waals surface area contributed by atoms with E-state index in [2.05, 4.69) is 35.2 Å². The molecule has 0 aromatic heterocycles. The molecule has 3 rings (SSSR count). The lowest BCUT2D eigenvalue weighted by Crippen LogP contribution is -2.38. The van der Waals surface area contributed by atoms with Crippen LogP contribution >= 0.6 is 23.2 Å². The van der Waals surface area contributed by atoms with Crippen molar-refractivity contribution < 1.29 is 0 Å². The molecule has 3 aromatic carbocycles. The smallest absolute Gasteiger partial charge is 0.222 e. The minimum atomic E-state index is -1.58. The van der Waals surface area contributed by atoms with Crippen molar-refractivity contribution in [3.63, 3.8) is 0 Å². The number of hydrogen-bond acceptors (Lipinski definition) is 2. The predicted molar refractivity (Wildman–Crippen MR) is 111 cm³/mol. The molecule has 0 spiro atoms. The van der Waals surface area contributed by atoms with Crippen molar-refractivity contribution in [1.29, 1.82) is 5.26 Å². The third-order valence-electron chi connectivity index (χ3n) is 4.43. The van der Waals surface area contributed by atoms with E-state index in [1.165, 1.54) is 0 Å². The van der Waals surface area contributed by atoms with Crippen LogP contribution < -0.4 is 0 Å². The lowest BCUT2D eigenvalue weighted by molar-refractivity contribution is 0.175. The van der Waals surface area contributed by atoms with E-state index in [0.717, 1.165) is 16.7 Å². The summed E-state index contributed by atoms with van der Waals surface area (Å²) in [6, 6.07) is 31.6. The Morgan fingerprint density at radius 2 is 1.15 bits per heavy atom. The van der Waals surface area contributed by atoms with Crippen LogP contribution in [0.3, 0.4) is 0 Å². The third-order valence-corrected chi connectivity index (χ3v) is 5.01. The number of halogens is 2. The van der Waals surface area contributed by atoms with Gasteiger partial charge in [-0.15, -0.1) is 0 Å². The van der Waals surface area contributed by atoms with Gasteiger partial charge in [0.25, 0.3) is 0 Å². The van der Waals surface area contributed by atoms with Gasteiger partial charge in [0.2, 0.25) is 4.33 Å². The molecule has 4 heteroatoms. The molecule has 0 aliphatic rings. The average molecular weight is 395 g/mol. The molecular weight excluding hydrogens is 375 g/mol. The minimum Gasteiger partial charge on any atom is -0.284 e. The second-order valence-corrected chi connectivity index (χ2v) is 7.81. The zero-order chi connectivity index (χ0) is 19.1. The summed E-state index contributed by atoms with van der Waals surface area (Å²) in [5.74, 6) is 0. The molecule has 136 valence electrons. The lowest BCUT2D eigenvalue weighted by Gasteiger charge is -2.36. The van der Waals surface area contributed by atoms with Gasteiger partial charge in [0, 0.05) is 13.1 Å². The van der Waals surface area contributed by atoms with Crippen molar-refractivity contribution in [3.8, 4) is 6.07 Å². The van der Waals surface area contributed by atoms with E-state index in [9.17, 15) is 5.26 Å². The Morgan fingerprint density at radius 3 is 1.56 bits per heavy atom. The van der Waals surface area contributed by atoms with Crippen molar-refractivity contribution >= 4 is 23.2 Å². The van der Waals surface area contributed by atoms with E-state index in [-0.39, 0.29) is 0 Å². The highest BCUT2D eigenvalue weighted by Crippen LogP contribution is 2.41. The van der Waals surface area contributed by atoms with Gasteiger partial charge < -0.3 is 0 Å². The van der Waals surface area contributed by atoms with Gasteiger partial charge in [-0.05, 0) is 16.7 Å². The minimum absolute atomic E-state index is 0.479. The fraction of sp³-hybridized carbons (Fsp3) is 0.174. The summed E-state index contributed by atoms with van der Waals surface area (Å²) in [5.41, 5.74) is 3.18. The fourth-order valence-electron chi connectivity index (χ4n) is 3.22. The van der Waals surface area contributed by atoms with Gasteiger partial charge in [-0.25, -0.2) is 0 Å². The van der Waals surface area contributed by atoms with Gasteiger partial charge in [-0.2, -0.15) is 5.26 Å². The van der Waals surface area contributed by atoms with E-state index < -0.39 is 10.4 Å². The highest BCUT2D eigenvalue weighted by molar-refractivity contribution is 6.51. The summed E-state index contributed by atoms with van der Waals surface area (Å²) < 4.78 is -1.58. The third kappa shape index (κ3) is 5.11. The normalized spacial score (nSPS) is 12.5. The van der Waals surface area contributed by atoms with Crippen LogP contribution in [0.2, 0.25) is 0 Å². The van der Waals surface area contributed by atoms with Gasteiger partial charge in [0.1, 0.15) is 6.07 Å². The van der Waals surface area contributed by atoms with Crippen molar-refractivity contribution in [2.45, 2.75) is 23.5 Å². The molecule has 0 bridgehead atoms. The molecule has 27 heavy (non-hydrogen) atoms. The van der Waals surface area contributed by atoms with Crippen molar-refractivity contribution in [1.82, 2.24) is 4.90 Å². The second kappa shape index (κ2) is 9.06. The Labute approximate surface area is 170 Å². The molecule has 1 atom stereocenters. The summed E-state index contributed by atoms with van der Waals surface area (Å²) in [4.78, 5) is 2.16. The molecule has 0 amide bonds. The summed E-state index contributed by atoms with van der Waals surface area (Å²) in [7, 11) is 0. The lowest BCUT2D eigenvalue weighted by atomic mass is 9.99. The topological polar surface area (TPSA) is 27.0 Å². The number of benzene rings is 3. The van der Waals surface area contributed by atoms with Crippen LogP contribution in [0.25, 0.3) is 0 Å². The van der Waals surface area contributed by atoms with E-state index in [0.29, 0.717) is 13.1 Å². The van der Waals surface area contributed by atoms with E-state index in [4.69, 9.17) is 23.2 Å². The second-order valence-electron chi connectivity index (χ2n) is 6.42. The molecule has 2 nitrogen and oxygen atoms in total. The molecule has 0 fully saturated rings. The van der Waals surface area contributed by atoms with Gasteiger partial charge >= 0.3 is 0 Å². The number of hydrogen-bond donors (Lipinski definition) is 0. The molecule has 0 saturated heterocycles. The molecule has 0 saturated carbocycles. The standard InChI is InChI=1S/C23H20Cl2N2/c24-23(25,18-26)22(21-14-8-3-9-15-21)27(16-19-10-4-1-5-11-19)17-20-12-6-2-7-13-20/h1-15,22H,16-17H2/t22-/m0/s1. The summed E-state index contributed by atoms with van der Waals surface area (Å²) in [6.45, 7) is 1.25. The van der Waals surface area contributed by atoms with Crippen LogP contribution in [0.4, 0.5) is 0 Å².